The third-order valence-electron chi connectivity index (χ3n) is 4.41. The monoisotopic (exact) mass is 365 g/mol. The standard InChI is InChI=1S/C20H19N3O4/c1-11(24)10-22-19(26)17-18(25)15-9-13(14-5-4-8-21-12(14)2)6-7-16(15)23(3)20(17)27/h4-9,25H,10H2,1-3H3,(H,22,26). The van der Waals surface area contributed by atoms with Crippen LogP contribution in [0.2, 0.25) is 0 Å². The lowest BCUT2D eigenvalue weighted by Crippen LogP contribution is -2.34. The van der Waals surface area contributed by atoms with Gasteiger partial charge < -0.3 is 15.0 Å². The number of hydrogen-bond donors (Lipinski definition) is 2. The summed E-state index contributed by atoms with van der Waals surface area (Å²) in [6.07, 6.45) is 1.69. The molecule has 1 aromatic carbocycles. The number of aromatic nitrogens is 2. The molecule has 7 heteroatoms. The number of rotatable bonds is 4. The highest BCUT2D eigenvalue weighted by Gasteiger charge is 2.21. The van der Waals surface area contributed by atoms with Crippen LogP contribution in [-0.2, 0) is 11.8 Å². The fraction of sp³-hybridized carbons (Fsp3) is 0.200. The van der Waals surface area contributed by atoms with Crippen LogP contribution in [0.25, 0.3) is 22.0 Å². The first-order valence-corrected chi connectivity index (χ1v) is 8.36. The van der Waals surface area contributed by atoms with Gasteiger partial charge in [0.1, 0.15) is 17.1 Å². The molecule has 1 amide bonds. The van der Waals surface area contributed by atoms with Gasteiger partial charge in [-0.25, -0.2) is 0 Å². The molecule has 0 fully saturated rings. The third-order valence-corrected chi connectivity index (χ3v) is 4.41. The largest absolute Gasteiger partial charge is 0.506 e. The molecule has 2 N–H and O–H groups in total. The summed E-state index contributed by atoms with van der Waals surface area (Å²) in [4.78, 5) is 40.3. The van der Waals surface area contributed by atoms with Crippen LogP contribution in [0.3, 0.4) is 0 Å². The molecule has 0 unspecified atom stereocenters. The minimum atomic E-state index is -0.784. The van der Waals surface area contributed by atoms with Crippen LogP contribution in [-0.4, -0.2) is 32.9 Å². The second kappa shape index (κ2) is 7.03. The van der Waals surface area contributed by atoms with Crippen LogP contribution in [0.5, 0.6) is 5.75 Å². The topological polar surface area (TPSA) is 101 Å². The van der Waals surface area contributed by atoms with Gasteiger partial charge in [0.15, 0.2) is 0 Å². The summed E-state index contributed by atoms with van der Waals surface area (Å²) < 4.78 is 1.30. The predicted molar refractivity (Wildman–Crippen MR) is 102 cm³/mol. The first kappa shape index (κ1) is 18.3. The molecule has 3 aromatic rings. The Morgan fingerprint density at radius 1 is 1.26 bits per heavy atom. The smallest absolute Gasteiger partial charge is 0.267 e. The minimum absolute atomic E-state index is 0.214. The number of aromatic hydroxyl groups is 1. The number of nitrogens with one attached hydrogen (secondary N) is 1. The molecule has 0 aliphatic heterocycles. The Labute approximate surface area is 155 Å². The number of aryl methyl sites for hydroxylation is 2. The third kappa shape index (κ3) is 3.31. The van der Waals surface area contributed by atoms with Gasteiger partial charge in [-0.3, -0.25) is 19.4 Å². The Hall–Kier alpha value is -3.48. The number of hydrogen-bond acceptors (Lipinski definition) is 5. The summed E-state index contributed by atoms with van der Waals surface area (Å²) in [7, 11) is 1.53. The van der Waals surface area contributed by atoms with Crippen LogP contribution < -0.4 is 10.9 Å². The Bertz CT molecular complexity index is 1130. The van der Waals surface area contributed by atoms with Crippen molar-refractivity contribution in [2.45, 2.75) is 13.8 Å². The Balaban J connectivity index is 2.22. The first-order chi connectivity index (χ1) is 12.8. The number of nitrogens with zero attached hydrogens (tertiary/aromatic N) is 2. The quantitative estimate of drug-likeness (QED) is 0.736. The lowest BCUT2D eigenvalue weighted by molar-refractivity contribution is -0.116. The van der Waals surface area contributed by atoms with E-state index < -0.39 is 17.2 Å². The molecule has 2 aromatic heterocycles. The number of carbonyl (C=O) groups is 2. The van der Waals surface area contributed by atoms with E-state index in [0.29, 0.717) is 10.9 Å². The molecule has 0 atom stereocenters. The van der Waals surface area contributed by atoms with E-state index in [4.69, 9.17) is 0 Å². The van der Waals surface area contributed by atoms with Gasteiger partial charge in [0.05, 0.1) is 12.1 Å². The van der Waals surface area contributed by atoms with Crippen molar-refractivity contribution in [2.24, 2.45) is 7.05 Å². The Morgan fingerprint density at radius 3 is 2.67 bits per heavy atom. The van der Waals surface area contributed by atoms with Crippen molar-refractivity contribution < 1.29 is 14.7 Å². The average molecular weight is 365 g/mol. The summed E-state index contributed by atoms with van der Waals surface area (Å²) in [6, 6.07) is 8.99. The van der Waals surface area contributed by atoms with Crippen molar-refractivity contribution in [2.75, 3.05) is 6.54 Å². The van der Waals surface area contributed by atoms with Crippen LogP contribution in [0.4, 0.5) is 0 Å². The molecule has 138 valence electrons. The normalized spacial score (nSPS) is 10.8. The summed E-state index contributed by atoms with van der Waals surface area (Å²) in [5, 5.41) is 13.4. The van der Waals surface area contributed by atoms with Gasteiger partial charge in [0, 0.05) is 29.9 Å². The summed E-state index contributed by atoms with van der Waals surface area (Å²) >= 11 is 0. The summed E-state index contributed by atoms with van der Waals surface area (Å²) in [5.41, 5.74) is 1.98. The lowest BCUT2D eigenvalue weighted by atomic mass is 10.0. The van der Waals surface area contributed by atoms with Crippen molar-refractivity contribution >= 4 is 22.6 Å². The second-order valence-corrected chi connectivity index (χ2v) is 6.34. The van der Waals surface area contributed by atoms with Crippen molar-refractivity contribution in [3.8, 4) is 16.9 Å². The summed E-state index contributed by atoms with van der Waals surface area (Å²) in [6.45, 7) is 2.98. The molecular weight excluding hydrogens is 346 g/mol. The SMILES string of the molecule is CC(=O)CNC(=O)c1c(O)c2cc(-c3cccnc3C)ccc2n(C)c1=O. The molecule has 0 aliphatic rings. The molecule has 0 aliphatic carbocycles. The maximum atomic E-state index is 12.5. The van der Waals surface area contributed by atoms with Crippen molar-refractivity contribution in [3.05, 3.63) is 58.1 Å². The highest BCUT2D eigenvalue weighted by molar-refractivity contribution is 6.04. The van der Waals surface area contributed by atoms with Gasteiger partial charge >= 0.3 is 0 Å². The van der Waals surface area contributed by atoms with Gasteiger partial charge in [0.2, 0.25) is 0 Å². The molecule has 0 saturated heterocycles. The van der Waals surface area contributed by atoms with E-state index >= 15 is 0 Å². The van der Waals surface area contributed by atoms with E-state index in [1.807, 2.05) is 25.1 Å². The molecule has 0 saturated carbocycles. The molecule has 27 heavy (non-hydrogen) atoms. The molecule has 0 radical (unpaired) electrons. The fourth-order valence-electron chi connectivity index (χ4n) is 2.99. The maximum Gasteiger partial charge on any atom is 0.267 e. The average Bonchev–Trinajstić information content (AvgIpc) is 2.64. The Morgan fingerprint density at radius 2 is 2.00 bits per heavy atom. The van der Waals surface area contributed by atoms with E-state index in [1.165, 1.54) is 18.5 Å². The zero-order valence-corrected chi connectivity index (χ0v) is 15.2. The molecule has 0 spiro atoms. The predicted octanol–water partition coefficient (Wildman–Crippen LogP) is 1.93. The van der Waals surface area contributed by atoms with Crippen LogP contribution in [0.15, 0.2) is 41.3 Å². The van der Waals surface area contributed by atoms with Crippen LogP contribution >= 0.6 is 0 Å². The molecule has 7 nitrogen and oxygen atoms in total. The number of ketones is 1. The highest BCUT2D eigenvalue weighted by Crippen LogP contribution is 2.31. The maximum absolute atomic E-state index is 12.5. The highest BCUT2D eigenvalue weighted by atomic mass is 16.3. The molecule has 0 bridgehead atoms. The second-order valence-electron chi connectivity index (χ2n) is 6.34. The number of pyridine rings is 2. The van der Waals surface area contributed by atoms with Gasteiger partial charge in [-0.2, -0.15) is 0 Å². The molecular formula is C20H19N3O4. The molecule has 3 rings (SSSR count). The van der Waals surface area contributed by atoms with E-state index in [1.54, 1.807) is 18.3 Å². The van der Waals surface area contributed by atoms with E-state index in [2.05, 4.69) is 10.3 Å². The number of Topliss-reactive ketones (excluding diaryl/α,β-unsaturated/α-hetero) is 1. The van der Waals surface area contributed by atoms with Gasteiger partial charge in [-0.1, -0.05) is 12.1 Å². The zero-order valence-electron chi connectivity index (χ0n) is 15.2. The number of carbonyl (C=O) groups excluding carboxylic acids is 2. The number of fused-ring (bicyclic) bond motifs is 1. The first-order valence-electron chi connectivity index (χ1n) is 8.36. The van der Waals surface area contributed by atoms with E-state index in [9.17, 15) is 19.5 Å². The van der Waals surface area contributed by atoms with Gasteiger partial charge in [0.25, 0.3) is 11.5 Å². The number of amides is 1. The van der Waals surface area contributed by atoms with E-state index in [0.717, 1.165) is 16.8 Å². The van der Waals surface area contributed by atoms with Gasteiger partial charge in [-0.05, 0) is 37.6 Å². The van der Waals surface area contributed by atoms with E-state index in [-0.39, 0.29) is 17.9 Å². The van der Waals surface area contributed by atoms with Crippen molar-refractivity contribution in [1.29, 1.82) is 0 Å². The molecule has 2 heterocycles. The van der Waals surface area contributed by atoms with Crippen molar-refractivity contribution in [3.63, 3.8) is 0 Å². The number of benzene rings is 1. The minimum Gasteiger partial charge on any atom is -0.506 e. The Kier molecular flexibility index (Phi) is 4.77. The summed E-state index contributed by atoms with van der Waals surface area (Å²) in [5.74, 6) is -1.44. The lowest BCUT2D eigenvalue weighted by Gasteiger charge is -2.13. The van der Waals surface area contributed by atoms with Crippen LogP contribution in [0.1, 0.15) is 23.0 Å². The van der Waals surface area contributed by atoms with Crippen LogP contribution in [0, 0.1) is 6.92 Å². The zero-order chi connectivity index (χ0) is 19.7. The van der Waals surface area contributed by atoms with Gasteiger partial charge in [-0.15, -0.1) is 0 Å². The van der Waals surface area contributed by atoms with Crippen molar-refractivity contribution in [1.82, 2.24) is 14.9 Å². The fourth-order valence-corrected chi connectivity index (χ4v) is 2.99.